The van der Waals surface area contributed by atoms with E-state index < -0.39 is 11.9 Å². The summed E-state index contributed by atoms with van der Waals surface area (Å²) in [5.74, 6) is 5.35. The van der Waals surface area contributed by atoms with Crippen molar-refractivity contribution in [1.29, 1.82) is 0 Å². The van der Waals surface area contributed by atoms with E-state index in [1.54, 1.807) is 6.07 Å². The number of nitrogens with two attached hydrogens (primary N) is 3. The minimum Gasteiger partial charge on any atom is -0.398 e. The molecule has 5 nitrogen and oxygen atoms in total. The van der Waals surface area contributed by atoms with Gasteiger partial charge in [-0.3, -0.25) is 5.84 Å². The van der Waals surface area contributed by atoms with E-state index in [9.17, 15) is 4.39 Å². The molecule has 1 aromatic carbocycles. The first-order valence-corrected chi connectivity index (χ1v) is 5.82. The maximum atomic E-state index is 13.3. The van der Waals surface area contributed by atoms with Gasteiger partial charge in [-0.1, -0.05) is 11.6 Å². The number of rotatable bonds is 3. The van der Waals surface area contributed by atoms with Gasteiger partial charge in [0.1, 0.15) is 11.6 Å². The molecule has 2 aromatic rings. The number of hydrogen-bond acceptors (Lipinski definition) is 5. The Morgan fingerprint density at radius 2 is 1.95 bits per heavy atom. The smallest absolute Gasteiger partial charge is 0.128 e. The second-order valence-corrected chi connectivity index (χ2v) is 4.44. The largest absolute Gasteiger partial charge is 0.398 e. The zero-order chi connectivity index (χ0) is 14.0. The number of anilines is 2. The molecule has 0 radical (unpaired) electrons. The summed E-state index contributed by atoms with van der Waals surface area (Å²) in [5, 5.41) is 0.402. The minimum absolute atomic E-state index is 0.246. The maximum Gasteiger partial charge on any atom is 0.128 e. The summed E-state index contributed by atoms with van der Waals surface area (Å²) in [6.07, 6.45) is 1.42. The van der Waals surface area contributed by atoms with E-state index in [0.29, 0.717) is 21.8 Å². The van der Waals surface area contributed by atoms with Gasteiger partial charge in [0.2, 0.25) is 0 Å². The molecule has 7 N–H and O–H groups in total. The standard InChI is InChI=1S/C12H13ClFN5/c13-6-3-9(12(16)18-5-6)11(19-17)8-4-7(14)1-2-10(8)15/h1-5,11,19H,15,17H2,(H2,16,18). The molecule has 7 heteroatoms. The molecule has 0 fully saturated rings. The lowest BCUT2D eigenvalue weighted by atomic mass is 9.98. The SMILES string of the molecule is NNC(c1cc(F)ccc1N)c1cc(Cl)cnc1N. The predicted molar refractivity (Wildman–Crippen MR) is 73.6 cm³/mol. The van der Waals surface area contributed by atoms with Crippen molar-refractivity contribution >= 4 is 23.1 Å². The number of halogens is 2. The molecule has 2 rings (SSSR count). The van der Waals surface area contributed by atoms with Crippen molar-refractivity contribution in [1.82, 2.24) is 10.4 Å². The van der Waals surface area contributed by atoms with Crippen molar-refractivity contribution in [2.24, 2.45) is 5.84 Å². The Morgan fingerprint density at radius 1 is 1.21 bits per heavy atom. The number of pyridine rings is 1. The fourth-order valence-electron chi connectivity index (χ4n) is 1.84. The van der Waals surface area contributed by atoms with Crippen molar-refractivity contribution in [3.63, 3.8) is 0 Å². The summed E-state index contributed by atoms with van der Waals surface area (Å²) in [6.45, 7) is 0. The lowest BCUT2D eigenvalue weighted by Crippen LogP contribution is -2.30. The third-order valence-electron chi connectivity index (χ3n) is 2.75. The van der Waals surface area contributed by atoms with Gasteiger partial charge in [-0.2, -0.15) is 0 Å². The van der Waals surface area contributed by atoms with Gasteiger partial charge in [0.15, 0.2) is 0 Å². The van der Waals surface area contributed by atoms with Crippen LogP contribution in [0.25, 0.3) is 0 Å². The van der Waals surface area contributed by atoms with E-state index >= 15 is 0 Å². The molecule has 1 heterocycles. The average Bonchev–Trinajstić information content (AvgIpc) is 2.38. The predicted octanol–water partition coefficient (Wildman–Crippen LogP) is 1.59. The van der Waals surface area contributed by atoms with Gasteiger partial charge in [-0.25, -0.2) is 14.8 Å². The van der Waals surface area contributed by atoms with Crippen LogP contribution < -0.4 is 22.7 Å². The molecule has 0 spiro atoms. The number of benzene rings is 1. The highest BCUT2D eigenvalue weighted by atomic mass is 35.5. The van der Waals surface area contributed by atoms with Crippen molar-refractivity contribution in [2.75, 3.05) is 11.5 Å². The Balaban J connectivity index is 2.55. The van der Waals surface area contributed by atoms with Crippen molar-refractivity contribution < 1.29 is 4.39 Å². The summed E-state index contributed by atoms with van der Waals surface area (Å²) in [6, 6.07) is 5.04. The number of nitrogens with one attached hydrogen (secondary N) is 1. The maximum absolute atomic E-state index is 13.3. The molecular weight excluding hydrogens is 269 g/mol. The molecule has 0 aliphatic rings. The second-order valence-electron chi connectivity index (χ2n) is 4.00. The molecule has 1 aromatic heterocycles. The van der Waals surface area contributed by atoms with Gasteiger partial charge in [0, 0.05) is 23.0 Å². The first-order chi connectivity index (χ1) is 9.02. The third-order valence-corrected chi connectivity index (χ3v) is 2.96. The average molecular weight is 282 g/mol. The third kappa shape index (κ3) is 2.76. The quantitative estimate of drug-likeness (QED) is 0.389. The van der Waals surface area contributed by atoms with Crippen LogP contribution >= 0.6 is 11.6 Å². The van der Waals surface area contributed by atoms with E-state index in [0.717, 1.165) is 0 Å². The van der Waals surface area contributed by atoms with Crippen LogP contribution in [0.4, 0.5) is 15.9 Å². The second kappa shape index (κ2) is 5.40. The zero-order valence-corrected chi connectivity index (χ0v) is 10.7. The Kier molecular flexibility index (Phi) is 3.84. The summed E-state index contributed by atoms with van der Waals surface area (Å²) < 4.78 is 13.3. The van der Waals surface area contributed by atoms with Crippen LogP contribution in [-0.4, -0.2) is 4.98 Å². The number of hydrazine groups is 1. The van der Waals surface area contributed by atoms with E-state index in [2.05, 4.69) is 10.4 Å². The molecule has 0 bridgehead atoms. The first-order valence-electron chi connectivity index (χ1n) is 5.45. The fourth-order valence-corrected chi connectivity index (χ4v) is 2.01. The van der Waals surface area contributed by atoms with Crippen molar-refractivity contribution in [3.8, 4) is 0 Å². The zero-order valence-electron chi connectivity index (χ0n) is 9.90. The highest BCUT2D eigenvalue weighted by Crippen LogP contribution is 2.30. The summed E-state index contributed by atoms with van der Waals surface area (Å²) >= 11 is 5.88. The van der Waals surface area contributed by atoms with E-state index in [1.165, 1.54) is 24.4 Å². The summed E-state index contributed by atoms with van der Waals surface area (Å²) in [7, 11) is 0. The van der Waals surface area contributed by atoms with Gasteiger partial charge in [-0.05, 0) is 24.3 Å². The first kappa shape index (κ1) is 13.5. The van der Waals surface area contributed by atoms with Gasteiger partial charge < -0.3 is 11.5 Å². The van der Waals surface area contributed by atoms with Crippen LogP contribution in [0.2, 0.25) is 5.02 Å². The Bertz CT molecular complexity index is 553. The van der Waals surface area contributed by atoms with Gasteiger partial charge in [-0.15, -0.1) is 0 Å². The van der Waals surface area contributed by atoms with Crippen LogP contribution in [-0.2, 0) is 0 Å². The molecule has 0 aliphatic heterocycles. The molecule has 1 unspecified atom stereocenters. The van der Waals surface area contributed by atoms with Gasteiger partial charge >= 0.3 is 0 Å². The molecule has 0 aliphatic carbocycles. The highest BCUT2D eigenvalue weighted by molar-refractivity contribution is 6.30. The number of nitrogen functional groups attached to an aromatic ring is 2. The molecule has 100 valence electrons. The van der Waals surface area contributed by atoms with Gasteiger partial charge in [0.05, 0.1) is 11.1 Å². The Hall–Kier alpha value is -1.89. The molecule has 19 heavy (non-hydrogen) atoms. The number of nitrogens with zero attached hydrogens (tertiary/aromatic N) is 1. The van der Waals surface area contributed by atoms with E-state index in [4.69, 9.17) is 28.9 Å². The van der Waals surface area contributed by atoms with Crippen LogP contribution in [0.15, 0.2) is 30.5 Å². The van der Waals surface area contributed by atoms with E-state index in [1.807, 2.05) is 0 Å². The van der Waals surface area contributed by atoms with Crippen LogP contribution in [0.5, 0.6) is 0 Å². The number of aromatic nitrogens is 1. The topological polar surface area (TPSA) is 103 Å². The van der Waals surface area contributed by atoms with Crippen LogP contribution in [0.3, 0.4) is 0 Å². The van der Waals surface area contributed by atoms with Crippen molar-refractivity contribution in [2.45, 2.75) is 6.04 Å². The lowest BCUT2D eigenvalue weighted by Gasteiger charge is -2.20. The minimum atomic E-state index is -0.595. The fraction of sp³-hybridized carbons (Fsp3) is 0.0833. The number of hydrogen-bond donors (Lipinski definition) is 4. The molecular formula is C12H13ClFN5. The molecule has 0 saturated heterocycles. The van der Waals surface area contributed by atoms with Crippen LogP contribution in [0.1, 0.15) is 17.2 Å². The molecule has 0 amide bonds. The summed E-state index contributed by atoms with van der Waals surface area (Å²) in [4.78, 5) is 3.94. The Labute approximate surface area is 114 Å². The summed E-state index contributed by atoms with van der Waals surface area (Å²) in [5.41, 5.74) is 15.6. The normalized spacial score (nSPS) is 12.4. The molecule has 1 atom stereocenters. The monoisotopic (exact) mass is 281 g/mol. The van der Waals surface area contributed by atoms with E-state index in [-0.39, 0.29) is 5.82 Å². The Morgan fingerprint density at radius 3 is 2.63 bits per heavy atom. The molecule has 0 saturated carbocycles. The lowest BCUT2D eigenvalue weighted by molar-refractivity contribution is 0.606. The van der Waals surface area contributed by atoms with Crippen molar-refractivity contribution in [3.05, 3.63) is 52.4 Å². The van der Waals surface area contributed by atoms with Gasteiger partial charge in [0.25, 0.3) is 0 Å². The highest BCUT2D eigenvalue weighted by Gasteiger charge is 2.19. The van der Waals surface area contributed by atoms with Crippen LogP contribution in [0, 0.1) is 5.82 Å².